The number of hydrogen-bond donors (Lipinski definition) is 1. The number of rotatable bonds is 9. The summed E-state index contributed by atoms with van der Waals surface area (Å²) in [6, 6.07) is 1.67. The smallest absolute Gasteiger partial charge is 0.391 e. The summed E-state index contributed by atoms with van der Waals surface area (Å²) in [6.45, 7) is 11.9. The van der Waals surface area contributed by atoms with Gasteiger partial charge in [-0.05, 0) is 42.7 Å². The number of pyridine rings is 1. The van der Waals surface area contributed by atoms with Gasteiger partial charge in [-0.2, -0.15) is 13.2 Å². The summed E-state index contributed by atoms with van der Waals surface area (Å²) >= 11 is 0. The molecule has 2 rings (SSSR count). The third-order valence-electron chi connectivity index (χ3n) is 5.51. The molecule has 0 radical (unpaired) electrons. The molecule has 0 bridgehead atoms. The van der Waals surface area contributed by atoms with Gasteiger partial charge >= 0.3 is 6.18 Å². The predicted molar refractivity (Wildman–Crippen MR) is 106 cm³/mol. The third kappa shape index (κ3) is 5.14. The van der Waals surface area contributed by atoms with Crippen molar-refractivity contribution in [2.45, 2.75) is 76.3 Å². The lowest BCUT2D eigenvalue weighted by molar-refractivity contribution is -0.152. The minimum Gasteiger partial charge on any atom is -0.391 e. The molecule has 1 aromatic rings. The second-order valence-corrected chi connectivity index (χ2v) is 7.52. The van der Waals surface area contributed by atoms with Gasteiger partial charge in [0.25, 0.3) is 0 Å². The van der Waals surface area contributed by atoms with Crippen LogP contribution in [0.25, 0.3) is 6.08 Å². The molecule has 1 N–H and O–H groups in total. The minimum atomic E-state index is -4.28. The van der Waals surface area contributed by atoms with Crippen LogP contribution in [-0.2, 0) is 0 Å². The van der Waals surface area contributed by atoms with E-state index in [1.165, 1.54) is 0 Å². The Morgan fingerprint density at radius 1 is 1.30 bits per heavy atom. The van der Waals surface area contributed by atoms with Gasteiger partial charge in [0.1, 0.15) is 0 Å². The Balaban J connectivity index is 2.61. The molecule has 1 saturated carbocycles. The number of aromatic nitrogens is 1. The maximum atomic E-state index is 13.9. The summed E-state index contributed by atoms with van der Waals surface area (Å²) in [5.74, 6) is -1.25. The normalized spacial score (nSPS) is 17.5. The Morgan fingerprint density at radius 3 is 2.48 bits per heavy atom. The van der Waals surface area contributed by atoms with Crippen LogP contribution >= 0.6 is 0 Å². The van der Waals surface area contributed by atoms with E-state index in [9.17, 15) is 13.2 Å². The van der Waals surface area contributed by atoms with Gasteiger partial charge in [-0.3, -0.25) is 4.98 Å². The zero-order valence-corrected chi connectivity index (χ0v) is 16.4. The van der Waals surface area contributed by atoms with E-state index in [4.69, 9.17) is 4.98 Å². The summed E-state index contributed by atoms with van der Waals surface area (Å²) in [4.78, 5) is 4.85. The molecule has 1 aliphatic rings. The highest BCUT2D eigenvalue weighted by Crippen LogP contribution is 2.44. The molecule has 2 atom stereocenters. The van der Waals surface area contributed by atoms with Gasteiger partial charge in [0.15, 0.2) is 0 Å². The van der Waals surface area contributed by atoms with Gasteiger partial charge in [0.05, 0.1) is 11.6 Å². The second-order valence-electron chi connectivity index (χ2n) is 7.52. The molecule has 1 heterocycles. The van der Waals surface area contributed by atoms with Gasteiger partial charge in [-0.1, -0.05) is 52.3 Å². The largest absolute Gasteiger partial charge is 0.395 e. The SMILES string of the molecule is C=CNCC(C)c1cc(C(CCC)C(F)(F)F)c(C=C)c(C2CCCC2)n1. The fraction of sp³-hybridized carbons (Fsp3) is 0.591. The predicted octanol–water partition coefficient (Wildman–Crippen LogP) is 6.66. The minimum absolute atomic E-state index is 0.00345. The molecule has 150 valence electrons. The molecule has 1 fully saturated rings. The van der Waals surface area contributed by atoms with Crippen molar-refractivity contribution in [2.24, 2.45) is 0 Å². The lowest BCUT2D eigenvalue weighted by atomic mass is 9.85. The van der Waals surface area contributed by atoms with Crippen LogP contribution in [-0.4, -0.2) is 17.7 Å². The molecule has 0 amide bonds. The number of nitrogens with one attached hydrogen (secondary N) is 1. The molecular weight excluding hydrogens is 349 g/mol. The highest BCUT2D eigenvalue weighted by Gasteiger charge is 2.42. The molecule has 1 aromatic heterocycles. The topological polar surface area (TPSA) is 24.9 Å². The Labute approximate surface area is 161 Å². The van der Waals surface area contributed by atoms with Crippen LogP contribution in [0.1, 0.15) is 92.6 Å². The van der Waals surface area contributed by atoms with Gasteiger partial charge in [0, 0.05) is 24.1 Å². The van der Waals surface area contributed by atoms with E-state index in [0.29, 0.717) is 24.1 Å². The number of halogens is 3. The molecule has 0 saturated heterocycles. The van der Waals surface area contributed by atoms with E-state index >= 15 is 0 Å². The molecule has 0 aliphatic heterocycles. The molecule has 2 nitrogen and oxygen atoms in total. The van der Waals surface area contributed by atoms with Crippen LogP contribution in [0.2, 0.25) is 0 Å². The summed E-state index contributed by atoms with van der Waals surface area (Å²) < 4.78 is 41.6. The van der Waals surface area contributed by atoms with Crippen LogP contribution in [0.4, 0.5) is 13.2 Å². The lowest BCUT2D eigenvalue weighted by Gasteiger charge is -2.26. The van der Waals surface area contributed by atoms with E-state index in [1.807, 2.05) is 6.92 Å². The van der Waals surface area contributed by atoms with Crippen molar-refractivity contribution in [3.05, 3.63) is 47.9 Å². The molecule has 0 aromatic carbocycles. The number of alkyl halides is 3. The summed E-state index contributed by atoms with van der Waals surface area (Å²) in [7, 11) is 0. The van der Waals surface area contributed by atoms with E-state index in [0.717, 1.165) is 37.1 Å². The second kappa shape index (κ2) is 9.43. The van der Waals surface area contributed by atoms with Crippen LogP contribution in [0.15, 0.2) is 25.4 Å². The Morgan fingerprint density at radius 2 is 1.96 bits per heavy atom. The monoisotopic (exact) mass is 380 g/mol. The van der Waals surface area contributed by atoms with Crippen molar-refractivity contribution in [1.29, 1.82) is 0 Å². The molecule has 27 heavy (non-hydrogen) atoms. The van der Waals surface area contributed by atoms with E-state index in [1.54, 1.807) is 25.3 Å². The molecule has 5 heteroatoms. The van der Waals surface area contributed by atoms with Crippen LogP contribution in [0, 0.1) is 0 Å². The average Bonchev–Trinajstić information content (AvgIpc) is 3.16. The standard InChI is InChI=1S/C22H31F3N2/c1-5-10-19(22(23,24)25)18-13-20(15(4)14-26-7-3)27-21(17(18)6-2)16-11-8-9-12-16/h6-7,13,15-16,19,26H,2-3,5,8-12,14H2,1,4H3. The van der Waals surface area contributed by atoms with Gasteiger partial charge in [-0.15, -0.1) is 0 Å². The van der Waals surface area contributed by atoms with Gasteiger partial charge < -0.3 is 5.32 Å². The van der Waals surface area contributed by atoms with Gasteiger partial charge in [-0.25, -0.2) is 0 Å². The number of hydrogen-bond acceptors (Lipinski definition) is 2. The molecular formula is C22H31F3N2. The van der Waals surface area contributed by atoms with Crippen molar-refractivity contribution >= 4 is 6.08 Å². The maximum absolute atomic E-state index is 13.9. The fourth-order valence-corrected chi connectivity index (χ4v) is 4.04. The first-order chi connectivity index (χ1) is 12.8. The Bertz CT molecular complexity index is 646. The van der Waals surface area contributed by atoms with Crippen molar-refractivity contribution in [1.82, 2.24) is 10.3 Å². The van der Waals surface area contributed by atoms with E-state index in [-0.39, 0.29) is 18.3 Å². The summed E-state index contributed by atoms with van der Waals surface area (Å²) in [5.41, 5.74) is 2.48. The average molecular weight is 380 g/mol. The van der Waals surface area contributed by atoms with Crippen molar-refractivity contribution in [3.63, 3.8) is 0 Å². The highest BCUT2D eigenvalue weighted by atomic mass is 19.4. The first-order valence-corrected chi connectivity index (χ1v) is 9.91. The highest BCUT2D eigenvalue weighted by molar-refractivity contribution is 5.58. The van der Waals surface area contributed by atoms with E-state index < -0.39 is 12.1 Å². The van der Waals surface area contributed by atoms with Crippen LogP contribution < -0.4 is 5.32 Å². The Kier molecular flexibility index (Phi) is 7.51. The van der Waals surface area contributed by atoms with Crippen molar-refractivity contribution in [2.75, 3.05) is 6.54 Å². The first kappa shape index (κ1) is 21.5. The van der Waals surface area contributed by atoms with Crippen LogP contribution in [0.3, 0.4) is 0 Å². The zero-order valence-electron chi connectivity index (χ0n) is 16.4. The van der Waals surface area contributed by atoms with Gasteiger partial charge in [0.2, 0.25) is 0 Å². The number of nitrogens with zero attached hydrogens (tertiary/aromatic N) is 1. The molecule has 0 spiro atoms. The quantitative estimate of drug-likeness (QED) is 0.518. The zero-order chi connectivity index (χ0) is 20.0. The maximum Gasteiger partial charge on any atom is 0.395 e. The summed E-state index contributed by atoms with van der Waals surface area (Å²) in [5, 5.41) is 3.05. The van der Waals surface area contributed by atoms with Crippen molar-refractivity contribution < 1.29 is 13.2 Å². The van der Waals surface area contributed by atoms with Crippen molar-refractivity contribution in [3.8, 4) is 0 Å². The first-order valence-electron chi connectivity index (χ1n) is 9.91. The van der Waals surface area contributed by atoms with E-state index in [2.05, 4.69) is 18.5 Å². The molecule has 1 aliphatic carbocycles. The Hall–Kier alpha value is -1.78. The fourth-order valence-electron chi connectivity index (χ4n) is 4.04. The summed E-state index contributed by atoms with van der Waals surface area (Å²) in [6.07, 6.45) is 3.65. The third-order valence-corrected chi connectivity index (χ3v) is 5.51. The van der Waals surface area contributed by atoms with Crippen LogP contribution in [0.5, 0.6) is 0 Å². The lowest BCUT2D eigenvalue weighted by Crippen LogP contribution is -2.24. The molecule has 2 unspecified atom stereocenters.